The van der Waals surface area contributed by atoms with E-state index in [9.17, 15) is 0 Å². The van der Waals surface area contributed by atoms with Crippen LogP contribution in [0.5, 0.6) is 0 Å². The Morgan fingerprint density at radius 3 is 1.83 bits per heavy atom. The predicted octanol–water partition coefficient (Wildman–Crippen LogP) is 3.34. The van der Waals surface area contributed by atoms with Gasteiger partial charge in [-0.05, 0) is 0 Å². The van der Waals surface area contributed by atoms with Crippen molar-refractivity contribution in [1.82, 2.24) is 0 Å². The average molecular weight is 236 g/mol. The van der Waals surface area contributed by atoms with Crippen molar-refractivity contribution in [2.24, 2.45) is 0 Å². The van der Waals surface area contributed by atoms with E-state index in [2.05, 4.69) is 41.1 Å². The zero-order valence-corrected chi connectivity index (χ0v) is 9.84. The molecule has 0 heterocycles. The second kappa shape index (κ2) is 3.70. The molecule has 0 radical (unpaired) electrons. The second-order valence-electron chi connectivity index (χ2n) is 3.27. The fraction of sp³-hybridized carbons (Fsp3) is 0.273. The SMILES string of the molecule is [CH3][Zr]([C]1=CC=CC1)[C]1=CC=CC1. The summed E-state index contributed by atoms with van der Waals surface area (Å²) in [6.45, 7) is 0. The molecule has 0 atom stereocenters. The van der Waals surface area contributed by atoms with E-state index in [1.54, 1.807) is 6.56 Å². The van der Waals surface area contributed by atoms with Crippen LogP contribution in [0.3, 0.4) is 0 Å². The van der Waals surface area contributed by atoms with E-state index in [-0.39, 0.29) is 0 Å². The first kappa shape index (κ1) is 8.44. The first-order valence-electron chi connectivity index (χ1n) is 4.43. The Morgan fingerprint density at radius 1 is 1.00 bits per heavy atom. The maximum absolute atomic E-state index is 2.50. The Morgan fingerprint density at radius 2 is 1.50 bits per heavy atom. The molecule has 12 heavy (non-hydrogen) atoms. The van der Waals surface area contributed by atoms with E-state index >= 15 is 0 Å². The molecule has 0 N–H and O–H groups in total. The van der Waals surface area contributed by atoms with Crippen molar-refractivity contribution in [3.8, 4) is 0 Å². The second-order valence-corrected chi connectivity index (χ2v) is 9.50. The van der Waals surface area contributed by atoms with Crippen LogP contribution in [0.4, 0.5) is 0 Å². The van der Waals surface area contributed by atoms with Crippen molar-refractivity contribution in [2.45, 2.75) is 17.5 Å². The van der Waals surface area contributed by atoms with Crippen molar-refractivity contribution >= 4 is 0 Å². The zero-order chi connectivity index (χ0) is 8.39. The standard InChI is InChI=1S/2C5H5.CH3.Zr/c2*1-2-4-5-3-1;;/h2*1-3H,4H2;1H3;. The Balaban J connectivity index is 2.05. The van der Waals surface area contributed by atoms with Crippen LogP contribution < -0.4 is 0 Å². The third-order valence-electron chi connectivity index (χ3n) is 2.51. The van der Waals surface area contributed by atoms with Crippen LogP contribution in [0.2, 0.25) is 4.63 Å². The summed E-state index contributed by atoms with van der Waals surface area (Å²) in [6, 6.07) is 0. The summed E-state index contributed by atoms with van der Waals surface area (Å²) in [6.07, 6.45) is 16.1. The molecule has 0 amide bonds. The first-order valence-corrected chi connectivity index (χ1v) is 9.35. The van der Waals surface area contributed by atoms with Crippen LogP contribution in [0.1, 0.15) is 12.8 Å². The maximum atomic E-state index is 2.50. The van der Waals surface area contributed by atoms with Crippen LogP contribution in [0.25, 0.3) is 0 Å². The molecule has 0 unspecified atom stereocenters. The molecule has 0 saturated heterocycles. The zero-order valence-electron chi connectivity index (χ0n) is 7.38. The molecule has 2 rings (SSSR count). The molecule has 0 aromatic carbocycles. The minimum absolute atomic E-state index is 1.24. The minimum atomic E-state index is -1.27. The van der Waals surface area contributed by atoms with E-state index in [4.69, 9.17) is 0 Å². The molecular weight excluding hydrogens is 223 g/mol. The molecule has 0 saturated carbocycles. The first-order chi connectivity index (χ1) is 5.88. The van der Waals surface area contributed by atoms with Gasteiger partial charge in [-0.25, -0.2) is 0 Å². The molecule has 0 aromatic heterocycles. The summed E-state index contributed by atoms with van der Waals surface area (Å²) < 4.78 is 6.01. The van der Waals surface area contributed by atoms with Gasteiger partial charge in [-0.1, -0.05) is 0 Å². The van der Waals surface area contributed by atoms with Gasteiger partial charge < -0.3 is 0 Å². The number of allylic oxidation sites excluding steroid dienone is 8. The van der Waals surface area contributed by atoms with Crippen molar-refractivity contribution in [3.63, 3.8) is 0 Å². The normalized spacial score (nSPS) is 19.8. The monoisotopic (exact) mass is 235 g/mol. The quantitative estimate of drug-likeness (QED) is 0.690. The van der Waals surface area contributed by atoms with Crippen LogP contribution in [0, 0.1) is 0 Å². The van der Waals surface area contributed by atoms with Gasteiger partial charge in [-0.2, -0.15) is 0 Å². The van der Waals surface area contributed by atoms with E-state index in [0.717, 1.165) is 0 Å². The van der Waals surface area contributed by atoms with Crippen LogP contribution in [0.15, 0.2) is 43.0 Å². The summed E-state index contributed by atoms with van der Waals surface area (Å²) in [4.78, 5) is 0. The van der Waals surface area contributed by atoms with E-state index in [1.165, 1.54) is 12.8 Å². The Hall–Kier alpha value is -0.157. The molecule has 0 aliphatic heterocycles. The number of hydrogen-bond acceptors (Lipinski definition) is 0. The van der Waals surface area contributed by atoms with Gasteiger partial charge in [0.1, 0.15) is 0 Å². The van der Waals surface area contributed by atoms with Gasteiger partial charge in [-0.15, -0.1) is 0 Å². The van der Waals surface area contributed by atoms with E-state index in [0.29, 0.717) is 0 Å². The van der Waals surface area contributed by atoms with Gasteiger partial charge in [0.05, 0.1) is 0 Å². The Bertz CT molecular complexity index is 262. The van der Waals surface area contributed by atoms with Crippen LogP contribution >= 0.6 is 0 Å². The molecule has 1 heteroatoms. The van der Waals surface area contributed by atoms with Gasteiger partial charge in [-0.3, -0.25) is 0 Å². The summed E-state index contributed by atoms with van der Waals surface area (Å²) in [7, 11) is 0. The van der Waals surface area contributed by atoms with Crippen LogP contribution in [-0.2, 0) is 21.8 Å². The molecule has 61 valence electrons. The fourth-order valence-electron chi connectivity index (χ4n) is 1.66. The summed E-state index contributed by atoms with van der Waals surface area (Å²) in [5, 5.41) is 0. The molecule has 0 nitrogen and oxygen atoms in total. The van der Waals surface area contributed by atoms with E-state index in [1.807, 2.05) is 0 Å². The van der Waals surface area contributed by atoms with Crippen molar-refractivity contribution < 1.29 is 21.8 Å². The molecule has 0 fully saturated rings. The van der Waals surface area contributed by atoms with Gasteiger partial charge in [0.2, 0.25) is 0 Å². The topological polar surface area (TPSA) is 0 Å². The molecule has 0 aromatic rings. The summed E-state index contributed by atoms with van der Waals surface area (Å²) in [5.41, 5.74) is 0. The van der Waals surface area contributed by atoms with Gasteiger partial charge in [0.25, 0.3) is 0 Å². The number of hydrogen-bond donors (Lipinski definition) is 0. The molecule has 0 spiro atoms. The molecular formula is C11H13Zr. The van der Waals surface area contributed by atoms with Gasteiger partial charge >= 0.3 is 82.2 Å². The third-order valence-corrected chi connectivity index (χ3v) is 9.06. The molecule has 2 aliphatic carbocycles. The van der Waals surface area contributed by atoms with E-state index < -0.39 is 21.8 Å². The third kappa shape index (κ3) is 1.61. The molecule has 0 bridgehead atoms. The number of rotatable bonds is 2. The predicted molar refractivity (Wildman–Crippen MR) is 49.5 cm³/mol. The van der Waals surface area contributed by atoms with Gasteiger partial charge in [0.15, 0.2) is 0 Å². The van der Waals surface area contributed by atoms with Gasteiger partial charge in [0, 0.05) is 0 Å². The summed E-state index contributed by atoms with van der Waals surface area (Å²) in [5.74, 6) is 0. The Kier molecular flexibility index (Phi) is 2.61. The fourth-order valence-corrected chi connectivity index (χ4v) is 6.46. The molecule has 2 aliphatic rings. The van der Waals surface area contributed by atoms with Crippen molar-refractivity contribution in [2.75, 3.05) is 0 Å². The Labute approximate surface area is 82.0 Å². The van der Waals surface area contributed by atoms with Crippen LogP contribution in [-0.4, -0.2) is 0 Å². The van der Waals surface area contributed by atoms with Crippen molar-refractivity contribution in [1.29, 1.82) is 0 Å². The summed E-state index contributed by atoms with van der Waals surface area (Å²) >= 11 is -1.27. The average Bonchev–Trinajstić information content (AvgIpc) is 2.77. The van der Waals surface area contributed by atoms with Crippen molar-refractivity contribution in [3.05, 3.63) is 43.0 Å².